The number of benzene rings is 2. The van der Waals surface area contributed by atoms with Gasteiger partial charge in [-0.25, -0.2) is 4.79 Å². The zero-order valence-corrected chi connectivity index (χ0v) is 16.3. The topological polar surface area (TPSA) is 75.3 Å². The molecule has 7 heteroatoms. The van der Waals surface area contributed by atoms with Crippen LogP contribution in [0.1, 0.15) is 20.3 Å². The SMILES string of the molecule is CC(C)Oc1ccccc1NC(=O)NCCCNc1nsc2ccccc12. The summed E-state index contributed by atoms with van der Waals surface area (Å²) < 4.78 is 11.3. The molecule has 0 saturated carbocycles. The van der Waals surface area contributed by atoms with E-state index in [4.69, 9.17) is 4.74 Å². The summed E-state index contributed by atoms with van der Waals surface area (Å²) in [5.74, 6) is 1.57. The molecule has 0 saturated heterocycles. The Balaban J connectivity index is 1.41. The fourth-order valence-electron chi connectivity index (χ4n) is 2.60. The molecule has 0 unspecified atom stereocenters. The standard InChI is InChI=1S/C20H24N4O2S/c1-14(2)26-17-10-5-4-9-16(17)23-20(25)22-13-7-12-21-19-15-8-3-6-11-18(15)27-24-19/h3-6,8-11,14H,7,12-13H2,1-2H3,(H,21,24)(H2,22,23,25). The number of fused-ring (bicyclic) bond motifs is 1. The second-order valence-corrected chi connectivity index (χ2v) is 7.16. The number of amides is 2. The molecule has 2 aromatic carbocycles. The van der Waals surface area contributed by atoms with E-state index in [1.165, 1.54) is 16.2 Å². The smallest absolute Gasteiger partial charge is 0.319 e. The van der Waals surface area contributed by atoms with E-state index < -0.39 is 0 Å². The summed E-state index contributed by atoms with van der Waals surface area (Å²) in [5, 5.41) is 10.2. The number of ether oxygens (including phenoxy) is 1. The fraction of sp³-hybridized carbons (Fsp3) is 0.300. The van der Waals surface area contributed by atoms with Crippen LogP contribution in [0.15, 0.2) is 48.5 Å². The maximum absolute atomic E-state index is 12.1. The van der Waals surface area contributed by atoms with Gasteiger partial charge in [-0.15, -0.1) is 0 Å². The lowest BCUT2D eigenvalue weighted by Crippen LogP contribution is -2.30. The van der Waals surface area contributed by atoms with Crippen LogP contribution in [0, 0.1) is 0 Å². The van der Waals surface area contributed by atoms with Crippen molar-refractivity contribution in [3.8, 4) is 5.75 Å². The number of nitrogens with zero attached hydrogens (tertiary/aromatic N) is 1. The van der Waals surface area contributed by atoms with Gasteiger partial charge in [0, 0.05) is 18.5 Å². The molecule has 2 amide bonds. The minimum absolute atomic E-state index is 0.0453. The van der Waals surface area contributed by atoms with Crippen LogP contribution in [-0.2, 0) is 0 Å². The van der Waals surface area contributed by atoms with E-state index in [1.807, 2.05) is 50.2 Å². The second kappa shape index (κ2) is 9.23. The second-order valence-electron chi connectivity index (χ2n) is 6.35. The molecule has 0 fully saturated rings. The predicted octanol–water partition coefficient (Wildman–Crippen LogP) is 4.71. The highest BCUT2D eigenvalue weighted by Crippen LogP contribution is 2.26. The lowest BCUT2D eigenvalue weighted by molar-refractivity contribution is 0.241. The van der Waals surface area contributed by atoms with Gasteiger partial charge in [0.1, 0.15) is 11.6 Å². The Morgan fingerprint density at radius 1 is 1.11 bits per heavy atom. The zero-order valence-electron chi connectivity index (χ0n) is 15.5. The van der Waals surface area contributed by atoms with Gasteiger partial charge < -0.3 is 20.7 Å². The van der Waals surface area contributed by atoms with Gasteiger partial charge in [0.15, 0.2) is 0 Å². The molecular formula is C20H24N4O2S. The van der Waals surface area contributed by atoms with Crippen molar-refractivity contribution in [2.24, 2.45) is 0 Å². The Morgan fingerprint density at radius 2 is 1.89 bits per heavy atom. The summed E-state index contributed by atoms with van der Waals surface area (Å²) in [5.41, 5.74) is 0.663. The molecule has 0 bridgehead atoms. The highest BCUT2D eigenvalue weighted by molar-refractivity contribution is 7.13. The van der Waals surface area contributed by atoms with Crippen LogP contribution in [0.3, 0.4) is 0 Å². The van der Waals surface area contributed by atoms with Crippen molar-refractivity contribution in [1.29, 1.82) is 0 Å². The summed E-state index contributed by atoms with van der Waals surface area (Å²) >= 11 is 1.49. The Labute approximate surface area is 163 Å². The molecule has 3 aromatic rings. The van der Waals surface area contributed by atoms with E-state index in [0.29, 0.717) is 18.0 Å². The quantitative estimate of drug-likeness (QED) is 0.492. The third-order valence-electron chi connectivity index (χ3n) is 3.81. The van der Waals surface area contributed by atoms with Crippen molar-refractivity contribution in [2.75, 3.05) is 23.7 Å². The Kier molecular flexibility index (Phi) is 6.49. The van der Waals surface area contributed by atoms with Crippen molar-refractivity contribution < 1.29 is 9.53 Å². The predicted molar refractivity (Wildman–Crippen MR) is 112 cm³/mol. The van der Waals surface area contributed by atoms with Crippen LogP contribution in [0.4, 0.5) is 16.3 Å². The van der Waals surface area contributed by atoms with Gasteiger partial charge in [0.2, 0.25) is 0 Å². The molecule has 27 heavy (non-hydrogen) atoms. The van der Waals surface area contributed by atoms with Gasteiger partial charge in [-0.1, -0.05) is 24.3 Å². The highest BCUT2D eigenvalue weighted by Gasteiger charge is 2.08. The molecule has 3 rings (SSSR count). The molecule has 3 N–H and O–H groups in total. The van der Waals surface area contributed by atoms with Gasteiger partial charge in [0.25, 0.3) is 0 Å². The number of anilines is 2. The normalized spacial score (nSPS) is 10.8. The molecule has 1 aromatic heterocycles. The molecular weight excluding hydrogens is 360 g/mol. The molecule has 0 atom stereocenters. The van der Waals surface area contributed by atoms with Crippen LogP contribution in [0.5, 0.6) is 5.75 Å². The molecule has 0 aliphatic heterocycles. The van der Waals surface area contributed by atoms with Crippen molar-refractivity contribution in [3.63, 3.8) is 0 Å². The number of nitrogens with one attached hydrogen (secondary N) is 3. The maximum Gasteiger partial charge on any atom is 0.319 e. The summed E-state index contributed by atoms with van der Waals surface area (Å²) in [6, 6.07) is 15.3. The van der Waals surface area contributed by atoms with Gasteiger partial charge in [-0.2, -0.15) is 4.37 Å². The number of urea groups is 1. The number of hydrogen-bond acceptors (Lipinski definition) is 5. The van der Waals surface area contributed by atoms with Crippen LogP contribution >= 0.6 is 11.5 Å². The van der Waals surface area contributed by atoms with Crippen molar-refractivity contribution in [2.45, 2.75) is 26.4 Å². The summed E-state index contributed by atoms with van der Waals surface area (Å²) in [7, 11) is 0. The molecule has 0 radical (unpaired) electrons. The lowest BCUT2D eigenvalue weighted by Gasteiger charge is -2.15. The van der Waals surface area contributed by atoms with Crippen molar-refractivity contribution in [3.05, 3.63) is 48.5 Å². The largest absolute Gasteiger partial charge is 0.489 e. The average molecular weight is 385 g/mol. The third kappa shape index (κ3) is 5.34. The number of hydrogen-bond donors (Lipinski definition) is 3. The van der Waals surface area contributed by atoms with Gasteiger partial charge in [-0.3, -0.25) is 0 Å². The molecule has 1 heterocycles. The summed E-state index contributed by atoms with van der Waals surface area (Å²) in [4.78, 5) is 12.1. The minimum Gasteiger partial charge on any atom is -0.489 e. The van der Waals surface area contributed by atoms with Gasteiger partial charge in [-0.05, 0) is 56.1 Å². The molecule has 0 aliphatic rings. The number of carbonyl (C=O) groups excluding carboxylic acids is 1. The number of carbonyl (C=O) groups is 1. The minimum atomic E-state index is -0.242. The third-order valence-corrected chi connectivity index (χ3v) is 4.63. The highest BCUT2D eigenvalue weighted by atomic mass is 32.1. The van der Waals surface area contributed by atoms with Crippen LogP contribution in [0.25, 0.3) is 10.1 Å². The van der Waals surface area contributed by atoms with E-state index in [9.17, 15) is 4.79 Å². The van der Waals surface area contributed by atoms with Crippen LogP contribution in [0.2, 0.25) is 0 Å². The molecule has 6 nitrogen and oxygen atoms in total. The van der Waals surface area contributed by atoms with E-state index in [2.05, 4.69) is 32.5 Å². The molecule has 142 valence electrons. The Hall–Kier alpha value is -2.80. The number of aromatic nitrogens is 1. The van der Waals surface area contributed by atoms with Crippen LogP contribution in [-0.4, -0.2) is 29.6 Å². The first-order chi connectivity index (χ1) is 13.1. The number of para-hydroxylation sites is 2. The van der Waals surface area contributed by atoms with E-state index in [0.717, 1.165) is 24.2 Å². The van der Waals surface area contributed by atoms with Crippen molar-refractivity contribution in [1.82, 2.24) is 9.69 Å². The van der Waals surface area contributed by atoms with Crippen LogP contribution < -0.4 is 20.7 Å². The first-order valence-corrected chi connectivity index (χ1v) is 9.79. The summed E-state index contributed by atoms with van der Waals surface area (Å²) in [6.45, 7) is 5.21. The first kappa shape index (κ1) is 19.0. The van der Waals surface area contributed by atoms with Gasteiger partial charge >= 0.3 is 6.03 Å². The lowest BCUT2D eigenvalue weighted by atomic mass is 10.2. The van der Waals surface area contributed by atoms with Gasteiger partial charge in [0.05, 0.1) is 16.5 Å². The zero-order chi connectivity index (χ0) is 19.1. The molecule has 0 aliphatic carbocycles. The maximum atomic E-state index is 12.1. The average Bonchev–Trinajstić information content (AvgIpc) is 3.06. The molecule has 0 spiro atoms. The Bertz CT molecular complexity index is 894. The monoisotopic (exact) mass is 384 g/mol. The fourth-order valence-corrected chi connectivity index (χ4v) is 3.36. The van der Waals surface area contributed by atoms with E-state index >= 15 is 0 Å². The number of rotatable bonds is 8. The summed E-state index contributed by atoms with van der Waals surface area (Å²) in [6.07, 6.45) is 0.840. The van der Waals surface area contributed by atoms with Crippen molar-refractivity contribution >= 4 is 39.2 Å². The van der Waals surface area contributed by atoms with E-state index in [1.54, 1.807) is 0 Å². The van der Waals surface area contributed by atoms with E-state index in [-0.39, 0.29) is 12.1 Å². The Morgan fingerprint density at radius 3 is 2.74 bits per heavy atom. The first-order valence-electron chi connectivity index (χ1n) is 9.02.